The van der Waals surface area contributed by atoms with E-state index in [0.29, 0.717) is 0 Å². The third-order valence-corrected chi connectivity index (χ3v) is 4.29. The van der Waals surface area contributed by atoms with Crippen LogP contribution in [-0.4, -0.2) is 14.0 Å². The molecule has 1 aromatic rings. The minimum atomic E-state index is -4.63. The summed E-state index contributed by atoms with van der Waals surface area (Å²) in [6.45, 7) is 3.08. The van der Waals surface area contributed by atoms with E-state index in [9.17, 15) is 21.6 Å². The Morgan fingerprint density at radius 3 is 2.25 bits per heavy atom. The Labute approximate surface area is 114 Å². The SMILES string of the molecule is CC1(C)C=C(S(=O)(=O)C(F)c2c(F)cccc2F)NO1. The number of nitrogens with one attached hydrogen (secondary N) is 1. The van der Waals surface area contributed by atoms with Gasteiger partial charge in [0.1, 0.15) is 17.2 Å². The van der Waals surface area contributed by atoms with Crippen molar-refractivity contribution in [2.24, 2.45) is 0 Å². The van der Waals surface area contributed by atoms with Gasteiger partial charge in [-0.2, -0.15) is 0 Å². The van der Waals surface area contributed by atoms with Crippen molar-refractivity contribution in [3.63, 3.8) is 0 Å². The molecule has 0 bridgehead atoms. The number of halogens is 3. The molecule has 0 aromatic heterocycles. The topological polar surface area (TPSA) is 55.4 Å². The van der Waals surface area contributed by atoms with E-state index in [1.54, 1.807) is 13.8 Å². The first kappa shape index (κ1) is 14.9. The average Bonchev–Trinajstić information content (AvgIpc) is 2.70. The first-order valence-corrected chi connectivity index (χ1v) is 7.18. The molecule has 1 N–H and O–H groups in total. The van der Waals surface area contributed by atoms with Gasteiger partial charge < -0.3 is 0 Å². The lowest BCUT2D eigenvalue weighted by molar-refractivity contribution is -0.0130. The molecule has 8 heteroatoms. The van der Waals surface area contributed by atoms with Crippen LogP contribution >= 0.6 is 0 Å². The predicted molar refractivity (Wildman–Crippen MR) is 65.5 cm³/mol. The maximum atomic E-state index is 14.1. The molecule has 1 atom stereocenters. The van der Waals surface area contributed by atoms with Crippen LogP contribution in [0.2, 0.25) is 0 Å². The van der Waals surface area contributed by atoms with E-state index in [2.05, 4.69) is 5.48 Å². The molecule has 1 heterocycles. The molecule has 0 fully saturated rings. The molecule has 0 saturated heterocycles. The quantitative estimate of drug-likeness (QED) is 0.932. The van der Waals surface area contributed by atoms with Crippen molar-refractivity contribution in [2.45, 2.75) is 25.0 Å². The van der Waals surface area contributed by atoms with Crippen LogP contribution in [-0.2, 0) is 14.7 Å². The van der Waals surface area contributed by atoms with Crippen molar-refractivity contribution in [3.05, 3.63) is 46.5 Å². The largest absolute Gasteiger partial charge is 0.265 e. The number of rotatable bonds is 3. The van der Waals surface area contributed by atoms with Gasteiger partial charge >= 0.3 is 0 Å². The van der Waals surface area contributed by atoms with E-state index in [-0.39, 0.29) is 0 Å². The van der Waals surface area contributed by atoms with Crippen molar-refractivity contribution in [1.29, 1.82) is 0 Å². The molecule has 110 valence electrons. The van der Waals surface area contributed by atoms with Gasteiger partial charge in [-0.05, 0) is 32.1 Å². The van der Waals surface area contributed by atoms with Gasteiger partial charge in [-0.3, -0.25) is 10.3 Å². The van der Waals surface area contributed by atoms with Gasteiger partial charge in [0.25, 0.3) is 0 Å². The van der Waals surface area contributed by atoms with Crippen LogP contribution in [0.5, 0.6) is 0 Å². The lowest BCUT2D eigenvalue weighted by Crippen LogP contribution is -2.23. The van der Waals surface area contributed by atoms with Crippen LogP contribution < -0.4 is 5.48 Å². The second-order valence-electron chi connectivity index (χ2n) is 4.81. The summed E-state index contributed by atoms with van der Waals surface area (Å²) in [5, 5.41) is -0.558. The summed E-state index contributed by atoms with van der Waals surface area (Å²) >= 11 is 0. The smallest absolute Gasteiger partial charge is 0.237 e. The Kier molecular flexibility index (Phi) is 3.55. The van der Waals surface area contributed by atoms with Crippen molar-refractivity contribution in [1.82, 2.24) is 5.48 Å². The summed E-state index contributed by atoms with van der Waals surface area (Å²) in [5.74, 6) is -2.53. The molecule has 1 aliphatic heterocycles. The van der Waals surface area contributed by atoms with Gasteiger partial charge in [-0.25, -0.2) is 21.6 Å². The van der Waals surface area contributed by atoms with Gasteiger partial charge in [0.15, 0.2) is 5.03 Å². The first-order chi connectivity index (χ1) is 9.15. The fourth-order valence-corrected chi connectivity index (χ4v) is 3.06. The van der Waals surface area contributed by atoms with Crippen LogP contribution in [0.15, 0.2) is 29.3 Å². The van der Waals surface area contributed by atoms with Gasteiger partial charge in [-0.15, -0.1) is 0 Å². The van der Waals surface area contributed by atoms with Crippen LogP contribution in [0.1, 0.15) is 24.9 Å². The fraction of sp³-hybridized carbons (Fsp3) is 0.333. The predicted octanol–water partition coefficient (Wildman–Crippen LogP) is 2.50. The maximum Gasteiger partial charge on any atom is 0.237 e. The highest BCUT2D eigenvalue weighted by atomic mass is 32.2. The lowest BCUT2D eigenvalue weighted by Gasteiger charge is -2.13. The molecule has 20 heavy (non-hydrogen) atoms. The van der Waals surface area contributed by atoms with E-state index in [1.807, 2.05) is 0 Å². The average molecular weight is 307 g/mol. The van der Waals surface area contributed by atoms with Crippen LogP contribution in [0.3, 0.4) is 0 Å². The second kappa shape index (κ2) is 4.78. The molecule has 1 aliphatic rings. The highest BCUT2D eigenvalue weighted by Gasteiger charge is 2.39. The number of alkyl halides is 1. The summed E-state index contributed by atoms with van der Waals surface area (Å²) in [7, 11) is -4.63. The standard InChI is InChI=1S/C12H12F3NO3S/c1-12(2)6-9(16-19-12)20(17,18)11(15)10-7(13)4-3-5-8(10)14/h3-6,11,16H,1-2H3. The Balaban J connectivity index is 2.46. The lowest BCUT2D eigenvalue weighted by atomic mass is 10.1. The number of benzene rings is 1. The van der Waals surface area contributed by atoms with E-state index in [4.69, 9.17) is 4.84 Å². The minimum absolute atomic E-state index is 0.558. The van der Waals surface area contributed by atoms with Gasteiger partial charge in [0, 0.05) is 0 Å². The summed E-state index contributed by atoms with van der Waals surface area (Å²) in [6, 6.07) is 2.60. The normalized spacial score (nSPS) is 19.4. The van der Waals surface area contributed by atoms with Gasteiger partial charge in [0.05, 0.1) is 5.56 Å². The van der Waals surface area contributed by atoms with E-state index in [0.717, 1.165) is 24.3 Å². The van der Waals surface area contributed by atoms with E-state index < -0.39 is 43.2 Å². The maximum absolute atomic E-state index is 14.1. The zero-order valence-electron chi connectivity index (χ0n) is 10.7. The molecule has 2 rings (SSSR count). The molecular formula is C12H12F3NO3S. The van der Waals surface area contributed by atoms with Gasteiger partial charge in [-0.1, -0.05) is 6.07 Å². The Morgan fingerprint density at radius 2 is 1.80 bits per heavy atom. The van der Waals surface area contributed by atoms with Gasteiger partial charge in [0.2, 0.25) is 15.3 Å². The molecule has 0 amide bonds. The molecule has 1 unspecified atom stereocenters. The summed E-state index contributed by atoms with van der Waals surface area (Å²) in [6.07, 6.45) is 1.13. The Morgan fingerprint density at radius 1 is 1.25 bits per heavy atom. The number of hydrogen-bond acceptors (Lipinski definition) is 4. The number of hydroxylamine groups is 1. The number of sulfone groups is 1. The molecule has 1 aromatic carbocycles. The van der Waals surface area contributed by atoms with E-state index in [1.165, 1.54) is 0 Å². The first-order valence-electron chi connectivity index (χ1n) is 5.64. The van der Waals surface area contributed by atoms with Crippen LogP contribution in [0, 0.1) is 11.6 Å². The zero-order chi connectivity index (χ0) is 15.1. The minimum Gasteiger partial charge on any atom is -0.265 e. The van der Waals surface area contributed by atoms with Crippen LogP contribution in [0.4, 0.5) is 13.2 Å². The second-order valence-corrected chi connectivity index (χ2v) is 6.76. The van der Waals surface area contributed by atoms with Crippen molar-refractivity contribution < 1.29 is 26.4 Å². The highest BCUT2D eigenvalue weighted by Crippen LogP contribution is 2.34. The molecule has 0 saturated carbocycles. The third kappa shape index (κ3) is 2.53. The molecular weight excluding hydrogens is 295 g/mol. The zero-order valence-corrected chi connectivity index (χ0v) is 11.5. The van der Waals surface area contributed by atoms with Crippen molar-refractivity contribution in [3.8, 4) is 0 Å². The van der Waals surface area contributed by atoms with Crippen molar-refractivity contribution in [2.75, 3.05) is 0 Å². The van der Waals surface area contributed by atoms with Crippen LogP contribution in [0.25, 0.3) is 0 Å². The number of hydrogen-bond donors (Lipinski definition) is 1. The van der Waals surface area contributed by atoms with Crippen molar-refractivity contribution >= 4 is 9.84 Å². The molecule has 0 spiro atoms. The molecule has 0 radical (unpaired) electrons. The molecule has 0 aliphatic carbocycles. The highest BCUT2D eigenvalue weighted by molar-refractivity contribution is 7.95. The third-order valence-electron chi connectivity index (χ3n) is 2.70. The van der Waals surface area contributed by atoms with E-state index >= 15 is 0 Å². The Bertz CT molecular complexity index is 650. The summed E-state index contributed by atoms with van der Waals surface area (Å²) in [4.78, 5) is 4.91. The summed E-state index contributed by atoms with van der Waals surface area (Å²) in [5.41, 5.74) is -2.90. The molecule has 4 nitrogen and oxygen atoms in total. The monoisotopic (exact) mass is 307 g/mol. The summed E-state index contributed by atoms with van der Waals surface area (Å²) < 4.78 is 65.1. The Hall–Kier alpha value is -1.54. The fourth-order valence-electron chi connectivity index (χ4n) is 1.69.